The van der Waals surface area contributed by atoms with Crippen molar-refractivity contribution in [2.75, 3.05) is 5.32 Å². The third-order valence-electron chi connectivity index (χ3n) is 6.13. The van der Waals surface area contributed by atoms with Gasteiger partial charge in [-0.3, -0.25) is 4.79 Å². The molecule has 2 atom stereocenters. The van der Waals surface area contributed by atoms with E-state index in [0.717, 1.165) is 43.4 Å². The Morgan fingerprint density at radius 1 is 0.931 bits per heavy atom. The van der Waals surface area contributed by atoms with Gasteiger partial charge < -0.3 is 15.5 Å². The maximum Gasteiger partial charge on any atom is 0.322 e. The molecule has 0 aliphatic carbocycles. The zero-order valence-corrected chi connectivity index (χ0v) is 17.2. The summed E-state index contributed by atoms with van der Waals surface area (Å²) in [5.74, 6) is -0.0191. The minimum atomic E-state index is -0.0213. The Morgan fingerprint density at radius 2 is 1.62 bits per heavy atom. The number of fused-ring (bicyclic) bond motifs is 2. The molecule has 5 heteroatoms. The molecule has 3 amide bonds. The zero-order chi connectivity index (χ0) is 20.4. The number of urea groups is 1. The van der Waals surface area contributed by atoms with Crippen molar-refractivity contribution in [3.63, 3.8) is 0 Å². The van der Waals surface area contributed by atoms with Crippen molar-refractivity contribution in [1.29, 1.82) is 0 Å². The molecule has 2 aromatic rings. The molecule has 0 radical (unpaired) electrons. The Bertz CT molecular complexity index is 879. The number of carbonyl (C=O) groups excluding carboxylic acids is 2. The van der Waals surface area contributed by atoms with E-state index in [1.165, 1.54) is 5.56 Å². The molecule has 2 aliphatic rings. The molecule has 0 aromatic heterocycles. The smallest absolute Gasteiger partial charge is 0.322 e. The number of benzene rings is 2. The largest absolute Gasteiger partial charge is 0.349 e. The standard InChI is InChI=1S/C24H29N3O2/c1-16-9-11-19(12-10-16)26-24(29)27-21-7-4-8-22(27)15-20(14-21)25-23(28)18-6-3-5-17(2)13-18/h3,5-6,9-13,20-22H,4,7-8,14-15H2,1-2H3,(H,25,28)(H,26,29)/t21-,22-/m0/s1. The van der Waals surface area contributed by atoms with Crippen LogP contribution >= 0.6 is 0 Å². The summed E-state index contributed by atoms with van der Waals surface area (Å²) in [6, 6.07) is 16.0. The molecular formula is C24H29N3O2. The van der Waals surface area contributed by atoms with Crippen LogP contribution in [-0.2, 0) is 0 Å². The summed E-state index contributed by atoms with van der Waals surface area (Å²) >= 11 is 0. The Balaban J connectivity index is 1.41. The third kappa shape index (κ3) is 4.44. The van der Waals surface area contributed by atoms with Crippen molar-refractivity contribution < 1.29 is 9.59 Å². The summed E-state index contributed by atoms with van der Waals surface area (Å²) in [5, 5.41) is 6.26. The number of hydrogen-bond donors (Lipinski definition) is 2. The molecule has 4 rings (SSSR count). The van der Waals surface area contributed by atoms with Gasteiger partial charge in [-0.15, -0.1) is 0 Å². The molecule has 0 unspecified atom stereocenters. The number of rotatable bonds is 3. The van der Waals surface area contributed by atoms with Gasteiger partial charge in [0.05, 0.1) is 0 Å². The fourth-order valence-electron chi connectivity index (χ4n) is 4.71. The van der Waals surface area contributed by atoms with E-state index < -0.39 is 0 Å². The molecule has 0 spiro atoms. The van der Waals surface area contributed by atoms with Crippen molar-refractivity contribution in [3.8, 4) is 0 Å². The number of carbonyl (C=O) groups is 2. The van der Waals surface area contributed by atoms with Crippen molar-refractivity contribution in [3.05, 3.63) is 65.2 Å². The predicted molar refractivity (Wildman–Crippen MR) is 115 cm³/mol. The fraction of sp³-hybridized carbons (Fsp3) is 0.417. The summed E-state index contributed by atoms with van der Waals surface area (Å²) in [7, 11) is 0. The first kappa shape index (κ1) is 19.5. The first-order chi connectivity index (χ1) is 14.0. The first-order valence-electron chi connectivity index (χ1n) is 10.5. The molecule has 2 aliphatic heterocycles. The van der Waals surface area contributed by atoms with E-state index in [9.17, 15) is 9.59 Å². The van der Waals surface area contributed by atoms with E-state index in [2.05, 4.69) is 10.6 Å². The SMILES string of the molecule is Cc1ccc(NC(=O)N2[C@H]3CCC[C@H]2CC(NC(=O)c2cccc(C)c2)C3)cc1. The number of amides is 3. The van der Waals surface area contributed by atoms with Crippen LogP contribution < -0.4 is 10.6 Å². The highest BCUT2D eigenvalue weighted by Crippen LogP contribution is 2.34. The average Bonchev–Trinajstić information content (AvgIpc) is 2.69. The summed E-state index contributed by atoms with van der Waals surface area (Å²) in [6.45, 7) is 4.03. The highest BCUT2D eigenvalue weighted by atomic mass is 16.2. The van der Waals surface area contributed by atoms with Crippen molar-refractivity contribution in [2.24, 2.45) is 0 Å². The van der Waals surface area contributed by atoms with Crippen LogP contribution in [0.4, 0.5) is 10.5 Å². The second-order valence-electron chi connectivity index (χ2n) is 8.45. The van der Waals surface area contributed by atoms with E-state index in [4.69, 9.17) is 0 Å². The third-order valence-corrected chi connectivity index (χ3v) is 6.13. The minimum absolute atomic E-state index is 0.0191. The number of anilines is 1. The maximum atomic E-state index is 13.0. The number of nitrogens with one attached hydrogen (secondary N) is 2. The van der Waals surface area contributed by atoms with Gasteiger partial charge in [-0.05, 0) is 70.2 Å². The van der Waals surface area contributed by atoms with Gasteiger partial charge in [-0.2, -0.15) is 0 Å². The van der Waals surface area contributed by atoms with Gasteiger partial charge in [0.2, 0.25) is 0 Å². The van der Waals surface area contributed by atoms with Gasteiger partial charge in [0.1, 0.15) is 0 Å². The summed E-state index contributed by atoms with van der Waals surface area (Å²) in [6.07, 6.45) is 4.76. The van der Waals surface area contributed by atoms with Gasteiger partial charge >= 0.3 is 6.03 Å². The average molecular weight is 392 g/mol. The lowest BCUT2D eigenvalue weighted by Crippen LogP contribution is -2.59. The number of hydrogen-bond acceptors (Lipinski definition) is 2. The van der Waals surface area contributed by atoms with Crippen LogP contribution in [0.2, 0.25) is 0 Å². The Hall–Kier alpha value is -2.82. The molecule has 2 aromatic carbocycles. The van der Waals surface area contributed by atoms with Crippen LogP contribution in [0.5, 0.6) is 0 Å². The Morgan fingerprint density at radius 3 is 2.28 bits per heavy atom. The van der Waals surface area contributed by atoms with E-state index in [1.54, 1.807) is 0 Å². The quantitative estimate of drug-likeness (QED) is 0.800. The van der Waals surface area contributed by atoms with Gasteiger partial charge in [0, 0.05) is 29.4 Å². The molecule has 2 saturated heterocycles. The normalized spacial score (nSPS) is 23.4. The lowest BCUT2D eigenvalue weighted by Gasteiger charge is -2.48. The summed E-state index contributed by atoms with van der Waals surface area (Å²) in [4.78, 5) is 27.7. The number of aryl methyl sites for hydroxylation is 2. The van der Waals surface area contributed by atoms with Crippen molar-refractivity contribution in [2.45, 2.75) is 64.1 Å². The van der Waals surface area contributed by atoms with Crippen LogP contribution in [-0.4, -0.2) is 35.0 Å². The van der Waals surface area contributed by atoms with E-state index in [-0.39, 0.29) is 30.1 Å². The van der Waals surface area contributed by atoms with Crippen LogP contribution in [0, 0.1) is 13.8 Å². The van der Waals surface area contributed by atoms with Crippen molar-refractivity contribution in [1.82, 2.24) is 10.2 Å². The van der Waals surface area contributed by atoms with Gasteiger partial charge in [-0.25, -0.2) is 4.79 Å². The van der Waals surface area contributed by atoms with Gasteiger partial charge in [0.25, 0.3) is 5.91 Å². The van der Waals surface area contributed by atoms with E-state index >= 15 is 0 Å². The van der Waals surface area contributed by atoms with Gasteiger partial charge in [-0.1, -0.05) is 35.4 Å². The predicted octanol–water partition coefficient (Wildman–Crippen LogP) is 4.65. The Labute approximate surface area is 172 Å². The molecule has 0 saturated carbocycles. The van der Waals surface area contributed by atoms with Gasteiger partial charge in [0.15, 0.2) is 0 Å². The van der Waals surface area contributed by atoms with Crippen LogP contribution in [0.3, 0.4) is 0 Å². The monoisotopic (exact) mass is 391 g/mol. The van der Waals surface area contributed by atoms with Crippen molar-refractivity contribution >= 4 is 17.6 Å². The fourth-order valence-corrected chi connectivity index (χ4v) is 4.71. The minimum Gasteiger partial charge on any atom is -0.349 e. The zero-order valence-electron chi connectivity index (χ0n) is 17.2. The lowest BCUT2D eigenvalue weighted by atomic mass is 9.82. The summed E-state index contributed by atoms with van der Waals surface area (Å²) < 4.78 is 0. The molecule has 2 N–H and O–H groups in total. The molecule has 2 fully saturated rings. The molecular weight excluding hydrogens is 362 g/mol. The van der Waals surface area contributed by atoms with Crippen LogP contribution in [0.15, 0.2) is 48.5 Å². The van der Waals surface area contributed by atoms with Crippen LogP contribution in [0.1, 0.15) is 53.6 Å². The maximum absolute atomic E-state index is 13.0. The lowest BCUT2D eigenvalue weighted by molar-refractivity contribution is 0.0577. The first-order valence-corrected chi connectivity index (χ1v) is 10.5. The molecule has 5 nitrogen and oxygen atoms in total. The number of nitrogens with zero attached hydrogens (tertiary/aromatic N) is 1. The highest BCUT2D eigenvalue weighted by molar-refractivity contribution is 5.94. The van der Waals surface area contributed by atoms with E-state index in [0.29, 0.717) is 5.56 Å². The highest BCUT2D eigenvalue weighted by Gasteiger charge is 2.41. The van der Waals surface area contributed by atoms with Crippen LogP contribution in [0.25, 0.3) is 0 Å². The second-order valence-corrected chi connectivity index (χ2v) is 8.45. The molecule has 152 valence electrons. The second kappa shape index (κ2) is 8.27. The Kier molecular flexibility index (Phi) is 5.56. The molecule has 2 heterocycles. The van der Waals surface area contributed by atoms with E-state index in [1.807, 2.05) is 67.3 Å². The molecule has 2 bridgehead atoms. The summed E-state index contributed by atoms with van der Waals surface area (Å²) in [5.41, 5.74) is 3.78. The number of piperidine rings is 2. The molecule has 29 heavy (non-hydrogen) atoms. The topological polar surface area (TPSA) is 61.4 Å².